The molecule has 1 aromatic carbocycles. The molecule has 94 valence electrons. The minimum absolute atomic E-state index is 0.269. The van der Waals surface area contributed by atoms with Crippen molar-refractivity contribution in [3.63, 3.8) is 0 Å². The van der Waals surface area contributed by atoms with E-state index in [0.29, 0.717) is 0 Å². The van der Waals surface area contributed by atoms with Gasteiger partial charge < -0.3 is 5.73 Å². The highest BCUT2D eigenvalue weighted by molar-refractivity contribution is 5.15. The zero-order valence-corrected chi connectivity index (χ0v) is 10.6. The molecule has 0 amide bonds. The maximum Gasteiger partial charge on any atom is 0.0299 e. The van der Waals surface area contributed by atoms with Gasteiger partial charge in [0.15, 0.2) is 0 Å². The van der Waals surface area contributed by atoms with Crippen molar-refractivity contribution in [3.8, 4) is 0 Å². The van der Waals surface area contributed by atoms with Crippen molar-refractivity contribution < 1.29 is 0 Å². The fraction of sp³-hybridized carbons (Fsp3) is 0.312. The zero-order chi connectivity index (χ0) is 12.6. The van der Waals surface area contributed by atoms with Gasteiger partial charge in [0, 0.05) is 18.4 Å². The maximum atomic E-state index is 6.15. The van der Waals surface area contributed by atoms with E-state index in [-0.39, 0.29) is 6.04 Å². The molecule has 2 heteroatoms. The summed E-state index contributed by atoms with van der Waals surface area (Å²) >= 11 is 0. The molecule has 0 radical (unpaired) electrons. The van der Waals surface area contributed by atoms with E-state index in [1.165, 1.54) is 11.1 Å². The molecule has 2 nitrogen and oxygen atoms in total. The Bertz CT molecular complexity index is 396. The van der Waals surface area contributed by atoms with Crippen molar-refractivity contribution >= 4 is 0 Å². The number of aromatic nitrogens is 1. The average molecular weight is 240 g/mol. The van der Waals surface area contributed by atoms with Crippen LogP contribution in [0.2, 0.25) is 0 Å². The molecule has 1 heterocycles. The standard InChI is InChI=1S/C16H20N2/c17-16(10-8-14-5-2-1-3-6-14)11-9-15-7-4-12-18-13-15/h1-7,12-13,16H,8-11,17H2. The first-order valence-electron chi connectivity index (χ1n) is 6.53. The number of hydrogen-bond acceptors (Lipinski definition) is 2. The van der Waals surface area contributed by atoms with Crippen LogP contribution in [0.15, 0.2) is 54.9 Å². The largest absolute Gasteiger partial charge is 0.328 e. The molecule has 2 aromatic rings. The molecule has 0 spiro atoms. The smallest absolute Gasteiger partial charge is 0.0299 e. The Morgan fingerprint density at radius 1 is 0.889 bits per heavy atom. The van der Waals surface area contributed by atoms with Crippen LogP contribution in [0.5, 0.6) is 0 Å². The summed E-state index contributed by atoms with van der Waals surface area (Å²) in [5, 5.41) is 0. The van der Waals surface area contributed by atoms with Gasteiger partial charge in [0.1, 0.15) is 0 Å². The molecule has 0 aliphatic rings. The van der Waals surface area contributed by atoms with Crippen molar-refractivity contribution in [2.75, 3.05) is 0 Å². The van der Waals surface area contributed by atoms with Gasteiger partial charge in [-0.2, -0.15) is 0 Å². The fourth-order valence-electron chi connectivity index (χ4n) is 2.04. The number of nitrogens with two attached hydrogens (primary N) is 1. The SMILES string of the molecule is NC(CCc1ccccc1)CCc1cccnc1. The highest BCUT2D eigenvalue weighted by Crippen LogP contribution is 2.08. The Labute approximate surface area is 109 Å². The van der Waals surface area contributed by atoms with Crippen molar-refractivity contribution in [2.45, 2.75) is 31.7 Å². The summed E-state index contributed by atoms with van der Waals surface area (Å²) in [6, 6.07) is 14.9. The average Bonchev–Trinajstić information content (AvgIpc) is 2.45. The zero-order valence-electron chi connectivity index (χ0n) is 10.6. The number of pyridine rings is 1. The van der Waals surface area contributed by atoms with Crippen LogP contribution in [0, 0.1) is 0 Å². The van der Waals surface area contributed by atoms with Gasteiger partial charge in [-0.3, -0.25) is 4.98 Å². The summed E-state index contributed by atoms with van der Waals surface area (Å²) in [5.74, 6) is 0. The molecule has 2 rings (SSSR count). The van der Waals surface area contributed by atoms with Gasteiger partial charge in [-0.15, -0.1) is 0 Å². The van der Waals surface area contributed by atoms with E-state index in [1.54, 1.807) is 6.20 Å². The topological polar surface area (TPSA) is 38.9 Å². The van der Waals surface area contributed by atoms with Crippen molar-refractivity contribution in [2.24, 2.45) is 5.73 Å². The minimum Gasteiger partial charge on any atom is -0.328 e. The van der Waals surface area contributed by atoms with E-state index in [4.69, 9.17) is 5.73 Å². The predicted molar refractivity (Wildman–Crippen MR) is 75.3 cm³/mol. The first kappa shape index (κ1) is 12.8. The van der Waals surface area contributed by atoms with Crippen molar-refractivity contribution in [1.82, 2.24) is 4.98 Å². The number of rotatable bonds is 6. The summed E-state index contributed by atoms with van der Waals surface area (Å²) in [6.45, 7) is 0. The quantitative estimate of drug-likeness (QED) is 0.843. The molecule has 2 N–H and O–H groups in total. The first-order chi connectivity index (χ1) is 8.84. The van der Waals surface area contributed by atoms with E-state index >= 15 is 0 Å². The Balaban J connectivity index is 1.71. The maximum absolute atomic E-state index is 6.15. The Kier molecular flexibility index (Phi) is 4.91. The highest BCUT2D eigenvalue weighted by Gasteiger charge is 2.03. The third-order valence-electron chi connectivity index (χ3n) is 3.17. The van der Waals surface area contributed by atoms with Gasteiger partial charge >= 0.3 is 0 Å². The van der Waals surface area contributed by atoms with E-state index < -0.39 is 0 Å². The van der Waals surface area contributed by atoms with Crippen LogP contribution in [0.4, 0.5) is 0 Å². The second-order valence-electron chi connectivity index (χ2n) is 4.68. The van der Waals surface area contributed by atoms with Crippen LogP contribution in [-0.2, 0) is 12.8 Å². The lowest BCUT2D eigenvalue weighted by atomic mass is 10.0. The molecule has 0 saturated heterocycles. The Hall–Kier alpha value is -1.67. The van der Waals surface area contributed by atoms with Gasteiger partial charge in [-0.25, -0.2) is 0 Å². The second-order valence-corrected chi connectivity index (χ2v) is 4.68. The summed E-state index contributed by atoms with van der Waals surface area (Å²) in [5.41, 5.74) is 8.79. The summed E-state index contributed by atoms with van der Waals surface area (Å²) in [6.07, 6.45) is 7.88. The molecule has 1 aromatic heterocycles. The molecule has 0 bridgehead atoms. The number of aryl methyl sites for hydroxylation is 2. The van der Waals surface area contributed by atoms with Crippen LogP contribution in [-0.4, -0.2) is 11.0 Å². The Morgan fingerprint density at radius 3 is 2.22 bits per heavy atom. The fourth-order valence-corrected chi connectivity index (χ4v) is 2.04. The summed E-state index contributed by atoms with van der Waals surface area (Å²) in [7, 11) is 0. The highest BCUT2D eigenvalue weighted by atomic mass is 14.6. The number of nitrogens with zero attached hydrogens (tertiary/aromatic N) is 1. The lowest BCUT2D eigenvalue weighted by Crippen LogP contribution is -2.21. The lowest BCUT2D eigenvalue weighted by molar-refractivity contribution is 0.568. The summed E-state index contributed by atoms with van der Waals surface area (Å²) in [4.78, 5) is 4.12. The molecule has 1 atom stereocenters. The summed E-state index contributed by atoms with van der Waals surface area (Å²) < 4.78 is 0. The normalized spacial score (nSPS) is 12.3. The molecule has 0 saturated carbocycles. The molecule has 0 aliphatic carbocycles. The second kappa shape index (κ2) is 6.92. The van der Waals surface area contributed by atoms with Gasteiger partial charge in [0.05, 0.1) is 0 Å². The van der Waals surface area contributed by atoms with Gasteiger partial charge in [0.25, 0.3) is 0 Å². The van der Waals surface area contributed by atoms with Crippen LogP contribution < -0.4 is 5.73 Å². The van der Waals surface area contributed by atoms with Crippen LogP contribution in [0.3, 0.4) is 0 Å². The van der Waals surface area contributed by atoms with Crippen LogP contribution >= 0.6 is 0 Å². The molecular formula is C16H20N2. The third-order valence-corrected chi connectivity index (χ3v) is 3.17. The van der Waals surface area contributed by atoms with Gasteiger partial charge in [0.2, 0.25) is 0 Å². The minimum atomic E-state index is 0.269. The van der Waals surface area contributed by atoms with Crippen molar-refractivity contribution in [1.29, 1.82) is 0 Å². The molecule has 0 aliphatic heterocycles. The monoisotopic (exact) mass is 240 g/mol. The van der Waals surface area contributed by atoms with Gasteiger partial charge in [-0.05, 0) is 42.9 Å². The molecular weight excluding hydrogens is 220 g/mol. The van der Waals surface area contributed by atoms with Crippen molar-refractivity contribution in [3.05, 3.63) is 66.0 Å². The first-order valence-corrected chi connectivity index (χ1v) is 6.53. The third kappa shape index (κ3) is 4.30. The lowest BCUT2D eigenvalue weighted by Gasteiger charge is -2.11. The van der Waals surface area contributed by atoms with Crippen LogP contribution in [0.25, 0.3) is 0 Å². The van der Waals surface area contributed by atoms with Gasteiger partial charge in [-0.1, -0.05) is 36.4 Å². The van der Waals surface area contributed by atoms with Crippen LogP contribution in [0.1, 0.15) is 24.0 Å². The van der Waals surface area contributed by atoms with E-state index in [1.807, 2.05) is 18.3 Å². The molecule has 18 heavy (non-hydrogen) atoms. The number of benzene rings is 1. The van der Waals surface area contributed by atoms with E-state index in [9.17, 15) is 0 Å². The predicted octanol–water partition coefficient (Wildman–Crippen LogP) is 2.97. The van der Waals surface area contributed by atoms with E-state index in [2.05, 4.69) is 35.3 Å². The van der Waals surface area contributed by atoms with E-state index in [0.717, 1.165) is 25.7 Å². The number of hydrogen-bond donors (Lipinski definition) is 1. The Morgan fingerprint density at radius 2 is 1.56 bits per heavy atom. The molecule has 0 fully saturated rings. The molecule has 1 unspecified atom stereocenters.